The number of nitrogens with zero attached hydrogens (tertiary/aromatic N) is 1. The molecule has 2 N–H and O–H groups in total. The van der Waals surface area contributed by atoms with E-state index in [0.717, 1.165) is 74.9 Å². The molecule has 0 radical (unpaired) electrons. The third kappa shape index (κ3) is 3.98. The van der Waals surface area contributed by atoms with Crippen LogP contribution in [0, 0.1) is 10.1 Å². The molecule has 3 aliphatic rings. The number of quaternary nitrogens is 2. The summed E-state index contributed by atoms with van der Waals surface area (Å²) in [6.45, 7) is 7.40. The summed E-state index contributed by atoms with van der Waals surface area (Å²) >= 11 is 0. The number of ether oxygens (including phenoxy) is 3. The third-order valence-electron chi connectivity index (χ3n) is 6.30. The molecule has 5 rings (SSSR count). The minimum atomic E-state index is -0.336. The molecule has 3 aliphatic heterocycles. The molecule has 0 saturated carbocycles. The molecule has 0 amide bonds. The molecule has 0 aromatic heterocycles. The van der Waals surface area contributed by atoms with Gasteiger partial charge in [0.25, 0.3) is 5.69 Å². The molecule has 0 aliphatic carbocycles. The topological polar surface area (TPSA) is 79.7 Å². The number of fused-ring (bicyclic) bond motifs is 2. The van der Waals surface area contributed by atoms with Crippen LogP contribution in [-0.2, 0) is 30.9 Å². The van der Waals surface area contributed by atoms with Crippen LogP contribution in [0.15, 0.2) is 30.3 Å². The Morgan fingerprint density at radius 2 is 1.77 bits per heavy atom. The van der Waals surface area contributed by atoms with Gasteiger partial charge in [-0.1, -0.05) is 0 Å². The van der Waals surface area contributed by atoms with Crippen LogP contribution in [0.2, 0.25) is 0 Å². The van der Waals surface area contributed by atoms with Gasteiger partial charge in [0.15, 0.2) is 6.79 Å². The number of piperazine rings is 1. The Morgan fingerprint density at radius 1 is 0.967 bits per heavy atom. The fraction of sp³-hybridized carbons (Fsp3) is 0.455. The molecule has 30 heavy (non-hydrogen) atoms. The zero-order chi connectivity index (χ0) is 20.5. The SMILES string of the molecule is O=[N+]([O-])c1cc2c(c(C[NH+]3CC[NH+](Cc4ccc5c(c4)CCO5)CC3)c1)OCOC2. The van der Waals surface area contributed by atoms with Crippen LogP contribution >= 0.6 is 0 Å². The van der Waals surface area contributed by atoms with Gasteiger partial charge in [-0.2, -0.15) is 0 Å². The number of hydrogen-bond donors (Lipinski definition) is 2. The lowest BCUT2D eigenvalue weighted by atomic mass is 10.1. The number of hydrogen-bond acceptors (Lipinski definition) is 5. The van der Waals surface area contributed by atoms with Crippen molar-refractivity contribution < 1.29 is 28.9 Å². The first-order valence-corrected chi connectivity index (χ1v) is 10.6. The number of rotatable bonds is 5. The van der Waals surface area contributed by atoms with Gasteiger partial charge >= 0.3 is 0 Å². The third-order valence-corrected chi connectivity index (χ3v) is 6.30. The van der Waals surface area contributed by atoms with E-state index in [1.807, 2.05) is 0 Å². The van der Waals surface area contributed by atoms with Crippen molar-refractivity contribution in [3.05, 3.63) is 62.7 Å². The second-order valence-corrected chi connectivity index (χ2v) is 8.35. The van der Waals surface area contributed by atoms with E-state index >= 15 is 0 Å². The maximum absolute atomic E-state index is 11.3. The van der Waals surface area contributed by atoms with Crippen molar-refractivity contribution in [3.63, 3.8) is 0 Å². The van der Waals surface area contributed by atoms with Crippen LogP contribution in [0.1, 0.15) is 22.3 Å². The summed E-state index contributed by atoms with van der Waals surface area (Å²) in [6.07, 6.45) is 1.01. The van der Waals surface area contributed by atoms with Crippen molar-refractivity contribution >= 4 is 5.69 Å². The minimum absolute atomic E-state index is 0.113. The average molecular weight is 413 g/mol. The first-order valence-electron chi connectivity index (χ1n) is 10.6. The Balaban J connectivity index is 1.22. The first kappa shape index (κ1) is 19.3. The van der Waals surface area contributed by atoms with Crippen molar-refractivity contribution in [3.8, 4) is 11.5 Å². The van der Waals surface area contributed by atoms with E-state index in [9.17, 15) is 10.1 Å². The maximum Gasteiger partial charge on any atom is 0.270 e. The zero-order valence-corrected chi connectivity index (χ0v) is 16.9. The molecule has 0 spiro atoms. The second kappa shape index (κ2) is 8.22. The standard InChI is InChI=1S/C22H25N3O5/c26-25(27)20-10-18(22-19(11-20)14-28-15-30-22)13-24-6-4-23(5-7-24)12-16-1-2-21-17(9-16)3-8-29-21/h1-2,9-11H,3-8,12-15H2/p+2. The van der Waals surface area contributed by atoms with Gasteiger partial charge in [0.05, 0.1) is 23.7 Å². The Hall–Kier alpha value is -2.68. The highest BCUT2D eigenvalue weighted by Gasteiger charge is 2.28. The van der Waals surface area contributed by atoms with E-state index in [1.165, 1.54) is 16.0 Å². The molecule has 0 bridgehead atoms. The molecule has 0 unspecified atom stereocenters. The molecular weight excluding hydrogens is 386 g/mol. The fourth-order valence-electron chi connectivity index (χ4n) is 4.74. The van der Waals surface area contributed by atoms with Crippen LogP contribution in [0.3, 0.4) is 0 Å². The number of non-ortho nitro benzene ring substituents is 1. The quantitative estimate of drug-likeness (QED) is 0.528. The largest absolute Gasteiger partial charge is 0.493 e. The predicted molar refractivity (Wildman–Crippen MR) is 108 cm³/mol. The van der Waals surface area contributed by atoms with Gasteiger partial charge in [-0.05, 0) is 23.8 Å². The van der Waals surface area contributed by atoms with E-state index in [2.05, 4.69) is 18.2 Å². The average Bonchev–Trinajstić information content (AvgIpc) is 3.23. The van der Waals surface area contributed by atoms with Gasteiger partial charge in [-0.25, -0.2) is 0 Å². The monoisotopic (exact) mass is 413 g/mol. The van der Waals surface area contributed by atoms with E-state index in [0.29, 0.717) is 6.61 Å². The van der Waals surface area contributed by atoms with Gasteiger partial charge in [-0.15, -0.1) is 0 Å². The second-order valence-electron chi connectivity index (χ2n) is 8.35. The molecule has 2 aromatic rings. The Bertz CT molecular complexity index is 956. The van der Waals surface area contributed by atoms with E-state index in [1.54, 1.807) is 17.0 Å². The highest BCUT2D eigenvalue weighted by molar-refractivity contribution is 5.50. The first-order chi connectivity index (χ1) is 14.7. The number of nitro benzene ring substituents is 1. The lowest BCUT2D eigenvalue weighted by Gasteiger charge is -2.30. The normalized spacial score (nSPS) is 22.5. The highest BCUT2D eigenvalue weighted by atomic mass is 16.7. The summed E-state index contributed by atoms with van der Waals surface area (Å²) in [4.78, 5) is 14.0. The summed E-state index contributed by atoms with van der Waals surface area (Å²) in [5.74, 6) is 1.81. The van der Waals surface area contributed by atoms with Crippen LogP contribution in [0.5, 0.6) is 11.5 Å². The van der Waals surface area contributed by atoms with Gasteiger partial charge in [0.2, 0.25) is 0 Å². The van der Waals surface area contributed by atoms with Crippen LogP contribution in [0.4, 0.5) is 5.69 Å². The molecule has 0 atom stereocenters. The summed E-state index contributed by atoms with van der Waals surface area (Å²) < 4.78 is 16.6. The molecule has 1 fully saturated rings. The lowest BCUT2D eigenvalue weighted by Crippen LogP contribution is -3.27. The number of nitrogens with one attached hydrogen (secondary N) is 2. The lowest BCUT2D eigenvalue weighted by molar-refractivity contribution is -1.02. The van der Waals surface area contributed by atoms with Crippen molar-refractivity contribution in [2.24, 2.45) is 0 Å². The summed E-state index contributed by atoms with van der Waals surface area (Å²) in [5, 5.41) is 11.3. The Morgan fingerprint density at radius 3 is 2.57 bits per heavy atom. The molecular formula is C22H27N3O5+2. The molecule has 8 heteroatoms. The molecule has 2 aromatic carbocycles. The number of nitro groups is 1. The molecule has 3 heterocycles. The molecule has 1 saturated heterocycles. The fourth-order valence-corrected chi connectivity index (χ4v) is 4.74. The molecule has 158 valence electrons. The summed E-state index contributed by atoms with van der Waals surface area (Å²) in [7, 11) is 0. The minimum Gasteiger partial charge on any atom is -0.493 e. The predicted octanol–water partition coefficient (Wildman–Crippen LogP) is -0.120. The van der Waals surface area contributed by atoms with Crippen molar-refractivity contribution in [2.75, 3.05) is 39.6 Å². The zero-order valence-electron chi connectivity index (χ0n) is 16.9. The molecule has 8 nitrogen and oxygen atoms in total. The highest BCUT2D eigenvalue weighted by Crippen LogP contribution is 2.32. The van der Waals surface area contributed by atoms with Crippen molar-refractivity contribution in [1.82, 2.24) is 0 Å². The van der Waals surface area contributed by atoms with Crippen LogP contribution < -0.4 is 19.3 Å². The van der Waals surface area contributed by atoms with Gasteiger partial charge in [0.1, 0.15) is 50.8 Å². The van der Waals surface area contributed by atoms with Crippen molar-refractivity contribution in [1.29, 1.82) is 0 Å². The number of benzene rings is 2. The Kier molecular flexibility index (Phi) is 5.28. The van der Waals surface area contributed by atoms with Gasteiger partial charge < -0.3 is 24.0 Å². The van der Waals surface area contributed by atoms with E-state index < -0.39 is 0 Å². The smallest absolute Gasteiger partial charge is 0.270 e. The Labute approximate surface area is 175 Å². The van der Waals surface area contributed by atoms with Crippen LogP contribution in [0.25, 0.3) is 0 Å². The summed E-state index contributed by atoms with van der Waals surface area (Å²) in [6, 6.07) is 9.82. The van der Waals surface area contributed by atoms with Crippen LogP contribution in [-0.4, -0.2) is 44.5 Å². The van der Waals surface area contributed by atoms with E-state index in [4.69, 9.17) is 14.2 Å². The van der Waals surface area contributed by atoms with Gasteiger partial charge in [-0.3, -0.25) is 10.1 Å². The summed E-state index contributed by atoms with van der Waals surface area (Å²) in [5.41, 5.74) is 4.51. The van der Waals surface area contributed by atoms with E-state index in [-0.39, 0.29) is 17.4 Å². The maximum atomic E-state index is 11.3. The van der Waals surface area contributed by atoms with Crippen molar-refractivity contribution in [2.45, 2.75) is 26.1 Å². The van der Waals surface area contributed by atoms with Gasteiger partial charge in [0, 0.05) is 29.7 Å².